The molecule has 2 aliphatic heterocycles. The highest BCUT2D eigenvalue weighted by molar-refractivity contribution is 5.79. The topological polar surface area (TPSA) is 52.6 Å². The smallest absolute Gasteiger partial charge is 0.227 e. The summed E-state index contributed by atoms with van der Waals surface area (Å²) in [5.41, 5.74) is 0.899. The molecule has 0 aliphatic carbocycles. The predicted octanol–water partition coefficient (Wildman–Crippen LogP) is 1.93. The van der Waals surface area contributed by atoms with Crippen LogP contribution in [0.3, 0.4) is 0 Å². The van der Waals surface area contributed by atoms with Gasteiger partial charge < -0.3 is 15.3 Å². The standard InChI is InChI=1S/C17H24N2O2/c20-15-4-1-3-13(11-15)12-17(21)19-10-2-5-16(19)14-6-8-18-9-7-14/h1,3-4,11,14,16,18,20H,2,5-10,12H2. The monoisotopic (exact) mass is 288 g/mol. The van der Waals surface area contributed by atoms with Gasteiger partial charge in [0.15, 0.2) is 0 Å². The summed E-state index contributed by atoms with van der Waals surface area (Å²) in [5, 5.41) is 12.9. The molecule has 0 radical (unpaired) electrons. The van der Waals surface area contributed by atoms with Crippen LogP contribution < -0.4 is 5.32 Å². The Hall–Kier alpha value is -1.55. The first kappa shape index (κ1) is 14.4. The lowest BCUT2D eigenvalue weighted by atomic mass is 9.88. The van der Waals surface area contributed by atoms with Gasteiger partial charge in [-0.05, 0) is 62.4 Å². The molecule has 0 aromatic heterocycles. The van der Waals surface area contributed by atoms with Crippen molar-refractivity contribution in [2.45, 2.75) is 38.1 Å². The van der Waals surface area contributed by atoms with Crippen LogP contribution in [0.1, 0.15) is 31.2 Å². The minimum absolute atomic E-state index is 0.210. The number of carbonyl (C=O) groups is 1. The molecule has 2 aliphatic rings. The molecule has 4 heteroatoms. The van der Waals surface area contributed by atoms with Gasteiger partial charge in [-0.15, -0.1) is 0 Å². The van der Waals surface area contributed by atoms with E-state index in [0.717, 1.165) is 38.0 Å². The molecule has 0 saturated carbocycles. The molecule has 114 valence electrons. The summed E-state index contributed by atoms with van der Waals surface area (Å²) < 4.78 is 0. The number of aromatic hydroxyl groups is 1. The summed E-state index contributed by atoms with van der Waals surface area (Å²) in [5.74, 6) is 1.10. The van der Waals surface area contributed by atoms with Gasteiger partial charge in [0, 0.05) is 12.6 Å². The van der Waals surface area contributed by atoms with Crippen LogP contribution in [0.15, 0.2) is 24.3 Å². The molecule has 1 unspecified atom stereocenters. The van der Waals surface area contributed by atoms with Gasteiger partial charge in [-0.2, -0.15) is 0 Å². The maximum atomic E-state index is 12.6. The maximum Gasteiger partial charge on any atom is 0.227 e. The van der Waals surface area contributed by atoms with Gasteiger partial charge in [-0.3, -0.25) is 4.79 Å². The number of hydrogen-bond donors (Lipinski definition) is 2. The largest absolute Gasteiger partial charge is 0.508 e. The molecular formula is C17H24N2O2. The average Bonchev–Trinajstić information content (AvgIpc) is 2.98. The molecule has 1 atom stereocenters. The fourth-order valence-electron chi connectivity index (χ4n) is 3.76. The fraction of sp³-hybridized carbons (Fsp3) is 0.588. The number of phenolic OH excluding ortho intramolecular Hbond substituents is 1. The number of piperidine rings is 1. The van der Waals surface area contributed by atoms with Crippen LogP contribution in [0.25, 0.3) is 0 Å². The molecule has 3 rings (SSSR count). The zero-order valence-electron chi connectivity index (χ0n) is 12.4. The zero-order chi connectivity index (χ0) is 14.7. The van der Waals surface area contributed by atoms with Crippen molar-refractivity contribution >= 4 is 5.91 Å². The Bertz CT molecular complexity index is 497. The zero-order valence-corrected chi connectivity index (χ0v) is 12.4. The normalized spacial score (nSPS) is 23.4. The van der Waals surface area contributed by atoms with E-state index in [1.165, 1.54) is 12.8 Å². The summed E-state index contributed by atoms with van der Waals surface area (Å²) >= 11 is 0. The summed E-state index contributed by atoms with van der Waals surface area (Å²) in [6.07, 6.45) is 5.04. The second kappa shape index (κ2) is 6.48. The second-order valence-electron chi connectivity index (χ2n) is 6.23. The maximum absolute atomic E-state index is 12.6. The molecular weight excluding hydrogens is 264 g/mol. The van der Waals surface area contributed by atoms with Crippen LogP contribution in [0, 0.1) is 5.92 Å². The number of amides is 1. The number of rotatable bonds is 3. The Morgan fingerprint density at radius 1 is 1.29 bits per heavy atom. The highest BCUT2D eigenvalue weighted by Gasteiger charge is 2.34. The van der Waals surface area contributed by atoms with Gasteiger partial charge in [0.1, 0.15) is 5.75 Å². The van der Waals surface area contributed by atoms with Gasteiger partial charge in [0.25, 0.3) is 0 Å². The summed E-state index contributed by atoms with van der Waals surface area (Å²) in [4.78, 5) is 14.7. The first-order chi connectivity index (χ1) is 10.2. The molecule has 2 saturated heterocycles. The fourth-order valence-corrected chi connectivity index (χ4v) is 3.76. The van der Waals surface area contributed by atoms with E-state index in [1.54, 1.807) is 18.2 Å². The first-order valence-electron chi connectivity index (χ1n) is 8.02. The number of likely N-dealkylation sites (tertiary alicyclic amines) is 1. The third-order valence-electron chi connectivity index (χ3n) is 4.81. The quantitative estimate of drug-likeness (QED) is 0.893. The minimum atomic E-state index is 0.210. The average molecular weight is 288 g/mol. The van der Waals surface area contributed by atoms with E-state index in [9.17, 15) is 9.90 Å². The number of carbonyl (C=O) groups excluding carboxylic acids is 1. The molecule has 0 bridgehead atoms. The molecule has 1 amide bonds. The van der Waals surface area contributed by atoms with Crippen molar-refractivity contribution in [2.24, 2.45) is 5.92 Å². The van der Waals surface area contributed by atoms with Crippen LogP contribution >= 0.6 is 0 Å². The number of hydrogen-bond acceptors (Lipinski definition) is 3. The molecule has 21 heavy (non-hydrogen) atoms. The van der Waals surface area contributed by atoms with E-state index in [1.807, 2.05) is 6.07 Å². The molecule has 2 heterocycles. The predicted molar refractivity (Wildman–Crippen MR) is 82.1 cm³/mol. The second-order valence-corrected chi connectivity index (χ2v) is 6.23. The van der Waals surface area contributed by atoms with Gasteiger partial charge in [0.05, 0.1) is 6.42 Å². The van der Waals surface area contributed by atoms with Crippen molar-refractivity contribution < 1.29 is 9.90 Å². The van der Waals surface area contributed by atoms with Crippen LogP contribution in [0.2, 0.25) is 0 Å². The van der Waals surface area contributed by atoms with Crippen molar-refractivity contribution in [1.82, 2.24) is 10.2 Å². The number of benzene rings is 1. The lowest BCUT2D eigenvalue weighted by molar-refractivity contribution is -0.132. The molecule has 2 fully saturated rings. The Morgan fingerprint density at radius 2 is 2.10 bits per heavy atom. The first-order valence-corrected chi connectivity index (χ1v) is 8.02. The van der Waals surface area contributed by atoms with Crippen molar-refractivity contribution in [3.8, 4) is 5.75 Å². The number of phenols is 1. The molecule has 2 N–H and O–H groups in total. The Labute approximate surface area is 126 Å². The highest BCUT2D eigenvalue weighted by Crippen LogP contribution is 2.30. The third-order valence-corrected chi connectivity index (χ3v) is 4.81. The number of nitrogens with zero attached hydrogens (tertiary/aromatic N) is 1. The van der Waals surface area contributed by atoms with Crippen LogP contribution in [-0.2, 0) is 11.2 Å². The van der Waals surface area contributed by atoms with Crippen molar-refractivity contribution in [3.05, 3.63) is 29.8 Å². The van der Waals surface area contributed by atoms with Gasteiger partial charge >= 0.3 is 0 Å². The van der Waals surface area contributed by atoms with E-state index in [-0.39, 0.29) is 11.7 Å². The van der Waals surface area contributed by atoms with Gasteiger partial charge in [-0.25, -0.2) is 0 Å². The molecule has 4 nitrogen and oxygen atoms in total. The van der Waals surface area contributed by atoms with Gasteiger partial charge in [0.2, 0.25) is 5.91 Å². The van der Waals surface area contributed by atoms with Crippen LogP contribution in [0.4, 0.5) is 0 Å². The van der Waals surface area contributed by atoms with E-state index >= 15 is 0 Å². The molecule has 1 aromatic rings. The lowest BCUT2D eigenvalue weighted by Gasteiger charge is -2.34. The van der Waals surface area contributed by atoms with Gasteiger partial charge in [-0.1, -0.05) is 12.1 Å². The molecule has 0 spiro atoms. The van der Waals surface area contributed by atoms with E-state index in [0.29, 0.717) is 18.4 Å². The summed E-state index contributed by atoms with van der Waals surface area (Å²) in [7, 11) is 0. The van der Waals surface area contributed by atoms with E-state index in [4.69, 9.17) is 0 Å². The lowest BCUT2D eigenvalue weighted by Crippen LogP contribution is -2.44. The van der Waals surface area contributed by atoms with Crippen molar-refractivity contribution in [3.63, 3.8) is 0 Å². The SMILES string of the molecule is O=C(Cc1cccc(O)c1)N1CCCC1C1CCNCC1. The molecule has 1 aromatic carbocycles. The van der Waals surface area contributed by atoms with Crippen molar-refractivity contribution in [1.29, 1.82) is 0 Å². The Kier molecular flexibility index (Phi) is 4.44. The summed E-state index contributed by atoms with van der Waals surface area (Å²) in [6.45, 7) is 3.05. The minimum Gasteiger partial charge on any atom is -0.508 e. The summed E-state index contributed by atoms with van der Waals surface area (Å²) in [6, 6.07) is 7.46. The van der Waals surface area contributed by atoms with Crippen LogP contribution in [-0.4, -0.2) is 41.6 Å². The van der Waals surface area contributed by atoms with E-state index in [2.05, 4.69) is 10.2 Å². The Morgan fingerprint density at radius 3 is 2.86 bits per heavy atom. The highest BCUT2D eigenvalue weighted by atomic mass is 16.3. The number of nitrogens with one attached hydrogen (secondary N) is 1. The van der Waals surface area contributed by atoms with Crippen LogP contribution in [0.5, 0.6) is 5.75 Å². The van der Waals surface area contributed by atoms with E-state index < -0.39 is 0 Å². The Balaban J connectivity index is 1.65. The van der Waals surface area contributed by atoms with Crippen molar-refractivity contribution in [2.75, 3.05) is 19.6 Å². The third kappa shape index (κ3) is 3.38.